The van der Waals surface area contributed by atoms with Crippen molar-refractivity contribution in [2.24, 2.45) is 40.9 Å². The number of fused-ring (bicyclic) bond motifs is 2. The van der Waals surface area contributed by atoms with Crippen LogP contribution in [-0.2, 0) is 14.4 Å². The van der Waals surface area contributed by atoms with Gasteiger partial charge in [0.2, 0.25) is 11.8 Å². The van der Waals surface area contributed by atoms with Gasteiger partial charge in [-0.15, -0.1) is 0 Å². The van der Waals surface area contributed by atoms with Crippen LogP contribution in [-0.4, -0.2) is 64.4 Å². The minimum Gasteiger partial charge on any atom is -0.344 e. The van der Waals surface area contributed by atoms with Crippen molar-refractivity contribution < 1.29 is 19.2 Å². The number of hydrogen-bond acceptors (Lipinski definition) is 5. The van der Waals surface area contributed by atoms with Gasteiger partial charge in [0.05, 0.1) is 11.8 Å². The SMILES string of the molecule is CC(C)C1C2CN(C(=O)C(NC(=O)NC(C)(C)C)C(C)(C)C)C(C(=O)NC3CC4CCC4C(=N)C3=O)C21. The third kappa shape index (κ3) is 5.28. The van der Waals surface area contributed by atoms with Crippen LogP contribution in [0, 0.1) is 46.3 Å². The highest BCUT2D eigenvalue weighted by Gasteiger charge is 2.65. The highest BCUT2D eigenvalue weighted by molar-refractivity contribution is 6.42. The van der Waals surface area contributed by atoms with E-state index in [1.807, 2.05) is 41.5 Å². The standard InChI is InChI=1S/C28H45N5O4/c1-13(2)18-16-12-33(25(36)23(27(3,4)5)31-26(37)32-28(6,7)8)21(19(16)18)24(35)30-17-11-14-9-10-15(14)20(29)22(17)34/h13-19,21,23,29H,9-12H2,1-8H3,(H,30,35)(H2,31,32,37). The first-order chi connectivity index (χ1) is 17.0. The number of nitrogens with one attached hydrogen (secondary N) is 4. The zero-order chi connectivity index (χ0) is 27.6. The predicted molar refractivity (Wildman–Crippen MR) is 141 cm³/mol. The van der Waals surface area contributed by atoms with Crippen LogP contribution >= 0.6 is 0 Å². The summed E-state index contributed by atoms with van der Waals surface area (Å²) in [7, 11) is 0. The van der Waals surface area contributed by atoms with E-state index < -0.39 is 35.1 Å². The maximum atomic E-state index is 14.0. The molecular formula is C28H45N5O4. The smallest absolute Gasteiger partial charge is 0.315 e. The summed E-state index contributed by atoms with van der Waals surface area (Å²) in [6.45, 7) is 16.1. The molecule has 0 radical (unpaired) electrons. The number of Topliss-reactive ketones (excluding diaryl/α,β-unsaturated/α-hetero) is 1. The molecule has 4 amide bonds. The second kappa shape index (κ2) is 9.38. The monoisotopic (exact) mass is 515 g/mol. The van der Waals surface area contributed by atoms with Crippen molar-refractivity contribution in [2.45, 2.75) is 98.3 Å². The Labute approximate surface area is 220 Å². The van der Waals surface area contributed by atoms with E-state index in [-0.39, 0.29) is 47.0 Å². The first-order valence-corrected chi connectivity index (χ1v) is 13.8. The van der Waals surface area contributed by atoms with Gasteiger partial charge in [-0.25, -0.2) is 4.79 Å². The number of carbonyl (C=O) groups excluding carboxylic acids is 4. The fourth-order valence-corrected chi connectivity index (χ4v) is 6.86. The molecule has 4 rings (SSSR count). The Balaban J connectivity index is 1.54. The Bertz CT molecular complexity index is 994. The highest BCUT2D eigenvalue weighted by atomic mass is 16.2. The fourth-order valence-electron chi connectivity index (χ4n) is 6.86. The van der Waals surface area contributed by atoms with Gasteiger partial charge < -0.3 is 26.3 Å². The average Bonchev–Trinajstić information content (AvgIpc) is 3.30. The minimum atomic E-state index is -0.819. The van der Waals surface area contributed by atoms with Crippen LogP contribution < -0.4 is 16.0 Å². The number of rotatable bonds is 5. The van der Waals surface area contributed by atoms with Crippen LogP contribution in [0.1, 0.15) is 74.7 Å². The lowest BCUT2D eigenvalue weighted by molar-refractivity contribution is -0.144. The van der Waals surface area contributed by atoms with E-state index in [0.29, 0.717) is 24.8 Å². The maximum Gasteiger partial charge on any atom is 0.315 e. The second-order valence-corrected chi connectivity index (χ2v) is 14.2. The van der Waals surface area contributed by atoms with Crippen LogP contribution in [0.3, 0.4) is 0 Å². The molecule has 1 saturated heterocycles. The quantitative estimate of drug-likeness (QED) is 0.448. The van der Waals surface area contributed by atoms with E-state index >= 15 is 0 Å². The number of urea groups is 1. The van der Waals surface area contributed by atoms with Gasteiger partial charge in [-0.1, -0.05) is 34.6 Å². The van der Waals surface area contributed by atoms with Crippen molar-refractivity contribution >= 4 is 29.3 Å². The van der Waals surface area contributed by atoms with Crippen LogP contribution in [0.25, 0.3) is 0 Å². The van der Waals surface area contributed by atoms with Crippen molar-refractivity contribution in [1.29, 1.82) is 5.41 Å². The first kappa shape index (κ1) is 27.6. The van der Waals surface area contributed by atoms with Gasteiger partial charge in [0.1, 0.15) is 12.1 Å². The summed E-state index contributed by atoms with van der Waals surface area (Å²) < 4.78 is 0. The van der Waals surface area contributed by atoms with E-state index in [1.54, 1.807) is 4.90 Å². The van der Waals surface area contributed by atoms with Crippen molar-refractivity contribution in [2.75, 3.05) is 6.54 Å². The van der Waals surface area contributed by atoms with Gasteiger partial charge in [-0.3, -0.25) is 14.4 Å². The third-order valence-corrected chi connectivity index (χ3v) is 8.82. The van der Waals surface area contributed by atoms with Gasteiger partial charge in [0.25, 0.3) is 0 Å². The number of amides is 4. The molecule has 0 spiro atoms. The molecule has 8 atom stereocenters. The molecule has 0 aromatic heterocycles. The summed E-state index contributed by atoms with van der Waals surface area (Å²) in [6, 6.07) is -2.61. The first-order valence-electron chi connectivity index (χ1n) is 13.8. The largest absolute Gasteiger partial charge is 0.344 e. The lowest BCUT2D eigenvalue weighted by Crippen LogP contribution is -2.62. The molecular weight excluding hydrogens is 470 g/mol. The molecule has 1 aliphatic heterocycles. The van der Waals surface area contributed by atoms with Gasteiger partial charge in [0, 0.05) is 18.0 Å². The number of carbonyl (C=O) groups is 4. The molecule has 9 heteroatoms. The molecule has 4 N–H and O–H groups in total. The summed E-state index contributed by atoms with van der Waals surface area (Å²) in [4.78, 5) is 54.9. The predicted octanol–water partition coefficient (Wildman–Crippen LogP) is 2.73. The molecule has 9 nitrogen and oxygen atoms in total. The Morgan fingerprint density at radius 2 is 1.70 bits per heavy atom. The van der Waals surface area contributed by atoms with Crippen molar-refractivity contribution in [1.82, 2.24) is 20.9 Å². The number of ketones is 1. The Hall–Kier alpha value is -2.45. The average molecular weight is 516 g/mol. The number of likely N-dealkylation sites (tertiary alicyclic amines) is 1. The van der Waals surface area contributed by atoms with Crippen LogP contribution in [0.2, 0.25) is 0 Å². The summed E-state index contributed by atoms with van der Waals surface area (Å²) in [5.74, 6) is 0.478. The number of nitrogens with zero attached hydrogens (tertiary/aromatic N) is 1. The van der Waals surface area contributed by atoms with E-state index in [9.17, 15) is 19.2 Å². The van der Waals surface area contributed by atoms with Crippen molar-refractivity contribution in [3.05, 3.63) is 0 Å². The van der Waals surface area contributed by atoms with Gasteiger partial charge >= 0.3 is 6.03 Å². The van der Waals surface area contributed by atoms with Crippen molar-refractivity contribution in [3.8, 4) is 0 Å². The lowest BCUT2D eigenvalue weighted by atomic mass is 9.63. The molecule has 3 saturated carbocycles. The molecule has 4 aliphatic rings. The summed E-state index contributed by atoms with van der Waals surface area (Å²) in [5.41, 5.74) is -0.902. The molecule has 0 aromatic carbocycles. The highest BCUT2D eigenvalue weighted by Crippen LogP contribution is 2.59. The summed E-state index contributed by atoms with van der Waals surface area (Å²) in [5, 5.41) is 16.9. The molecule has 4 fully saturated rings. The Kier molecular flexibility index (Phi) is 6.99. The minimum absolute atomic E-state index is 0.0428. The molecule has 0 bridgehead atoms. The van der Waals surface area contributed by atoms with Gasteiger partial charge in [-0.05, 0) is 75.0 Å². The van der Waals surface area contributed by atoms with Gasteiger partial charge in [0.15, 0.2) is 5.78 Å². The molecule has 206 valence electrons. The number of piperidine rings is 1. The molecule has 37 heavy (non-hydrogen) atoms. The zero-order valence-electron chi connectivity index (χ0n) is 23.6. The van der Waals surface area contributed by atoms with E-state index in [0.717, 1.165) is 12.8 Å². The van der Waals surface area contributed by atoms with E-state index in [4.69, 9.17) is 5.41 Å². The molecule has 8 unspecified atom stereocenters. The Morgan fingerprint density at radius 3 is 2.22 bits per heavy atom. The van der Waals surface area contributed by atoms with Crippen LogP contribution in [0.4, 0.5) is 4.79 Å². The van der Waals surface area contributed by atoms with Crippen molar-refractivity contribution in [3.63, 3.8) is 0 Å². The molecule has 3 aliphatic carbocycles. The summed E-state index contributed by atoms with van der Waals surface area (Å²) >= 11 is 0. The van der Waals surface area contributed by atoms with E-state index in [2.05, 4.69) is 29.8 Å². The molecule has 1 heterocycles. The second-order valence-electron chi connectivity index (χ2n) is 14.2. The number of hydrogen-bond donors (Lipinski definition) is 4. The van der Waals surface area contributed by atoms with E-state index in [1.165, 1.54) is 0 Å². The third-order valence-electron chi connectivity index (χ3n) is 8.82. The summed E-state index contributed by atoms with van der Waals surface area (Å²) in [6.07, 6.45) is 2.43. The lowest BCUT2D eigenvalue weighted by Gasteiger charge is -2.43. The molecule has 0 aromatic rings. The van der Waals surface area contributed by atoms with Crippen LogP contribution in [0.5, 0.6) is 0 Å². The Morgan fingerprint density at radius 1 is 1.05 bits per heavy atom. The van der Waals surface area contributed by atoms with Gasteiger partial charge in [-0.2, -0.15) is 0 Å². The topological polar surface area (TPSA) is 131 Å². The zero-order valence-corrected chi connectivity index (χ0v) is 23.6. The van der Waals surface area contributed by atoms with Crippen LogP contribution in [0.15, 0.2) is 0 Å². The normalized spacial score (nSPS) is 33.8. The fraction of sp³-hybridized carbons (Fsp3) is 0.821. The maximum absolute atomic E-state index is 14.0.